The fraction of sp³-hybridized carbons (Fsp3) is 0.250. The molecule has 0 radical (unpaired) electrons. The van der Waals surface area contributed by atoms with Crippen molar-refractivity contribution < 1.29 is 13.2 Å². The lowest BCUT2D eigenvalue weighted by molar-refractivity contribution is -0.137. The molecular formula is C24H22ClF3N2. The molecule has 1 aliphatic rings. The van der Waals surface area contributed by atoms with Crippen LogP contribution >= 0.6 is 11.6 Å². The molecule has 2 nitrogen and oxygen atoms in total. The van der Waals surface area contributed by atoms with E-state index >= 15 is 0 Å². The van der Waals surface area contributed by atoms with Crippen LogP contribution in [0.15, 0.2) is 54.6 Å². The molecule has 4 rings (SSSR count). The number of benzene rings is 3. The molecule has 1 aliphatic carbocycles. The van der Waals surface area contributed by atoms with E-state index in [2.05, 4.69) is 30.1 Å². The Hall–Kier alpha value is -2.66. The molecule has 6 heteroatoms. The van der Waals surface area contributed by atoms with E-state index in [1.54, 1.807) is 6.07 Å². The molecule has 0 atom stereocenters. The van der Waals surface area contributed by atoms with E-state index in [9.17, 15) is 13.2 Å². The molecule has 156 valence electrons. The number of hydrogen-bond acceptors (Lipinski definition) is 2. The van der Waals surface area contributed by atoms with Gasteiger partial charge in [0.15, 0.2) is 0 Å². The molecule has 0 amide bonds. The maximum atomic E-state index is 13.2. The van der Waals surface area contributed by atoms with Crippen LogP contribution in [-0.2, 0) is 12.6 Å². The van der Waals surface area contributed by atoms with E-state index in [0.29, 0.717) is 17.1 Å². The van der Waals surface area contributed by atoms with Crippen molar-refractivity contribution in [3.05, 3.63) is 76.3 Å². The van der Waals surface area contributed by atoms with Gasteiger partial charge in [0.25, 0.3) is 0 Å². The summed E-state index contributed by atoms with van der Waals surface area (Å²) in [5, 5.41) is 3.92. The first-order valence-corrected chi connectivity index (χ1v) is 10.3. The fourth-order valence-electron chi connectivity index (χ4n) is 4.04. The molecule has 0 bridgehead atoms. The summed E-state index contributed by atoms with van der Waals surface area (Å²) < 4.78 is 39.5. The molecule has 0 fully saturated rings. The van der Waals surface area contributed by atoms with Crippen molar-refractivity contribution in [1.29, 1.82) is 0 Å². The van der Waals surface area contributed by atoms with E-state index in [1.165, 1.54) is 6.07 Å². The summed E-state index contributed by atoms with van der Waals surface area (Å²) in [6, 6.07) is 15.3. The van der Waals surface area contributed by atoms with Crippen LogP contribution in [0.25, 0.3) is 11.1 Å². The highest BCUT2D eigenvalue weighted by atomic mass is 35.5. The van der Waals surface area contributed by atoms with Crippen molar-refractivity contribution in [2.45, 2.75) is 26.4 Å². The van der Waals surface area contributed by atoms with Gasteiger partial charge >= 0.3 is 6.18 Å². The summed E-state index contributed by atoms with van der Waals surface area (Å²) in [4.78, 5) is 2.22. The number of fused-ring (bicyclic) bond motifs is 3. The number of halogens is 4. The molecule has 1 N–H and O–H groups in total. The molecule has 3 aromatic carbocycles. The topological polar surface area (TPSA) is 15.3 Å². The summed E-state index contributed by atoms with van der Waals surface area (Å²) in [6.07, 6.45) is -3.67. The second-order valence-corrected chi connectivity index (χ2v) is 7.81. The van der Waals surface area contributed by atoms with Gasteiger partial charge in [0.05, 0.1) is 5.56 Å². The maximum absolute atomic E-state index is 13.2. The Balaban J connectivity index is 1.82. The summed E-state index contributed by atoms with van der Waals surface area (Å²) in [6.45, 7) is 5.84. The highest BCUT2D eigenvalue weighted by Gasteiger charge is 2.30. The number of hydrogen-bond donors (Lipinski definition) is 1. The van der Waals surface area contributed by atoms with Gasteiger partial charge in [-0.25, -0.2) is 0 Å². The Morgan fingerprint density at radius 2 is 1.73 bits per heavy atom. The Bertz CT molecular complexity index is 1090. The van der Waals surface area contributed by atoms with Gasteiger partial charge in [0.2, 0.25) is 0 Å². The summed E-state index contributed by atoms with van der Waals surface area (Å²) in [5.74, 6) is 0. The molecule has 0 saturated heterocycles. The Kier molecular flexibility index (Phi) is 5.41. The lowest BCUT2D eigenvalue weighted by atomic mass is 10.0. The first-order chi connectivity index (χ1) is 14.3. The van der Waals surface area contributed by atoms with E-state index in [1.807, 2.05) is 24.3 Å². The first-order valence-electron chi connectivity index (χ1n) is 9.95. The third kappa shape index (κ3) is 3.86. The molecule has 30 heavy (non-hydrogen) atoms. The largest absolute Gasteiger partial charge is 0.416 e. The highest BCUT2D eigenvalue weighted by molar-refractivity contribution is 6.31. The zero-order valence-electron chi connectivity index (χ0n) is 16.8. The summed E-state index contributed by atoms with van der Waals surface area (Å²) in [7, 11) is 0. The Morgan fingerprint density at radius 3 is 2.43 bits per heavy atom. The van der Waals surface area contributed by atoms with Crippen molar-refractivity contribution in [3.63, 3.8) is 0 Å². The van der Waals surface area contributed by atoms with Gasteiger partial charge in [0, 0.05) is 41.6 Å². The van der Waals surface area contributed by atoms with Crippen LogP contribution in [0, 0.1) is 0 Å². The smallest absolute Gasteiger partial charge is 0.372 e. The number of anilines is 3. The van der Waals surface area contributed by atoms with Gasteiger partial charge in [-0.05, 0) is 78.6 Å². The van der Waals surface area contributed by atoms with E-state index in [-0.39, 0.29) is 0 Å². The van der Waals surface area contributed by atoms with E-state index in [4.69, 9.17) is 11.6 Å². The summed E-state index contributed by atoms with van der Waals surface area (Å²) in [5.41, 5.74) is 5.99. The van der Waals surface area contributed by atoms with Crippen LogP contribution < -0.4 is 10.2 Å². The number of rotatable bonds is 5. The lowest BCUT2D eigenvalue weighted by Crippen LogP contribution is -2.22. The normalized spacial score (nSPS) is 12.5. The van der Waals surface area contributed by atoms with E-state index < -0.39 is 11.7 Å². The predicted molar refractivity (Wildman–Crippen MR) is 118 cm³/mol. The number of alkyl halides is 3. The molecule has 0 heterocycles. The lowest BCUT2D eigenvalue weighted by Gasteiger charge is -2.24. The molecule has 0 saturated carbocycles. The molecular weight excluding hydrogens is 409 g/mol. The fourth-order valence-corrected chi connectivity index (χ4v) is 4.22. The van der Waals surface area contributed by atoms with Crippen LogP contribution in [0.5, 0.6) is 0 Å². The van der Waals surface area contributed by atoms with Crippen molar-refractivity contribution in [2.24, 2.45) is 0 Å². The van der Waals surface area contributed by atoms with Crippen LogP contribution in [0.4, 0.5) is 30.2 Å². The number of nitrogens with zero attached hydrogens (tertiary/aromatic N) is 1. The standard InChI is InChI=1S/C24H22ClF3N2/c1-3-30(4-2)19-13-21-20-12-17(25)9-8-15(20)10-22(21)23(14-19)29-18-7-5-6-16(11-18)24(26,27)28/h5-9,11-14,29H,3-4,10H2,1-2H3. The monoisotopic (exact) mass is 430 g/mol. The molecule has 0 aliphatic heterocycles. The quantitative estimate of drug-likeness (QED) is 0.352. The third-order valence-electron chi connectivity index (χ3n) is 5.56. The maximum Gasteiger partial charge on any atom is 0.416 e. The van der Waals surface area contributed by atoms with Crippen LogP contribution in [-0.4, -0.2) is 13.1 Å². The van der Waals surface area contributed by atoms with Crippen LogP contribution in [0.1, 0.15) is 30.5 Å². The average Bonchev–Trinajstić information content (AvgIpc) is 3.07. The van der Waals surface area contributed by atoms with Gasteiger partial charge in [0.1, 0.15) is 0 Å². The molecule has 0 aromatic heterocycles. The van der Waals surface area contributed by atoms with Crippen molar-refractivity contribution in [3.8, 4) is 11.1 Å². The number of nitrogens with one attached hydrogen (secondary N) is 1. The molecule has 3 aromatic rings. The van der Waals surface area contributed by atoms with Gasteiger partial charge in [-0.15, -0.1) is 0 Å². The van der Waals surface area contributed by atoms with Crippen molar-refractivity contribution >= 4 is 28.7 Å². The second kappa shape index (κ2) is 7.88. The zero-order valence-corrected chi connectivity index (χ0v) is 17.5. The SMILES string of the molecule is CCN(CC)c1cc(Nc2cccc(C(F)(F)F)c2)c2c(c1)-c1cc(Cl)ccc1C2. The van der Waals surface area contributed by atoms with Gasteiger partial charge < -0.3 is 10.2 Å². The summed E-state index contributed by atoms with van der Waals surface area (Å²) >= 11 is 6.24. The average molecular weight is 431 g/mol. The zero-order chi connectivity index (χ0) is 21.5. The minimum absolute atomic E-state index is 0.415. The highest BCUT2D eigenvalue weighted by Crippen LogP contribution is 2.45. The minimum atomic E-state index is -4.38. The van der Waals surface area contributed by atoms with Gasteiger partial charge in [-0.1, -0.05) is 23.7 Å². The first kappa shape index (κ1) is 20.6. The molecule has 0 spiro atoms. The molecule has 0 unspecified atom stereocenters. The van der Waals surface area contributed by atoms with Gasteiger partial charge in [-0.2, -0.15) is 13.2 Å². The van der Waals surface area contributed by atoms with Crippen LogP contribution in [0.2, 0.25) is 5.02 Å². The van der Waals surface area contributed by atoms with Gasteiger partial charge in [-0.3, -0.25) is 0 Å². The predicted octanol–water partition coefficient (Wildman–Crippen LogP) is 7.52. The Labute approximate surface area is 179 Å². The second-order valence-electron chi connectivity index (χ2n) is 7.37. The van der Waals surface area contributed by atoms with Crippen molar-refractivity contribution in [1.82, 2.24) is 0 Å². The Morgan fingerprint density at radius 1 is 0.967 bits per heavy atom. The van der Waals surface area contributed by atoms with Crippen molar-refractivity contribution in [2.75, 3.05) is 23.3 Å². The minimum Gasteiger partial charge on any atom is -0.372 e. The van der Waals surface area contributed by atoms with E-state index in [0.717, 1.165) is 58.9 Å². The third-order valence-corrected chi connectivity index (χ3v) is 5.80. The van der Waals surface area contributed by atoms with Crippen LogP contribution in [0.3, 0.4) is 0 Å².